The molecule has 1 aromatic carbocycles. The van der Waals surface area contributed by atoms with E-state index in [0.29, 0.717) is 15.4 Å². The zero-order chi connectivity index (χ0) is 11.0. The van der Waals surface area contributed by atoms with Crippen LogP contribution >= 0.6 is 15.9 Å². The van der Waals surface area contributed by atoms with Crippen molar-refractivity contribution in [3.8, 4) is 0 Å². The maximum atomic E-state index is 13.1. The van der Waals surface area contributed by atoms with Crippen LogP contribution < -0.4 is 0 Å². The monoisotopic (exact) mass is 272 g/mol. The van der Waals surface area contributed by atoms with Crippen molar-refractivity contribution in [3.05, 3.63) is 34.2 Å². The van der Waals surface area contributed by atoms with E-state index < -0.39 is 11.8 Å². The quantitative estimate of drug-likeness (QED) is 0.749. The number of furan rings is 1. The summed E-state index contributed by atoms with van der Waals surface area (Å²) in [5.41, 5.74) is 0.316. The molecule has 0 unspecified atom stereocenters. The van der Waals surface area contributed by atoms with E-state index in [1.54, 1.807) is 6.07 Å². The van der Waals surface area contributed by atoms with Crippen molar-refractivity contribution in [2.75, 3.05) is 7.11 Å². The van der Waals surface area contributed by atoms with Crippen LogP contribution in [0.25, 0.3) is 11.0 Å². The summed E-state index contributed by atoms with van der Waals surface area (Å²) in [5.74, 6) is -0.957. The molecule has 1 heterocycles. The van der Waals surface area contributed by atoms with Crippen molar-refractivity contribution in [2.24, 2.45) is 0 Å². The third-order valence-electron chi connectivity index (χ3n) is 1.95. The van der Waals surface area contributed by atoms with Crippen molar-refractivity contribution in [2.45, 2.75) is 0 Å². The molecule has 0 saturated heterocycles. The molecule has 0 aliphatic rings. The van der Waals surface area contributed by atoms with Crippen molar-refractivity contribution in [3.63, 3.8) is 0 Å². The van der Waals surface area contributed by atoms with Gasteiger partial charge in [-0.15, -0.1) is 0 Å². The molecule has 0 bridgehead atoms. The van der Waals surface area contributed by atoms with Gasteiger partial charge in [0.25, 0.3) is 0 Å². The molecule has 0 N–H and O–H groups in total. The van der Waals surface area contributed by atoms with E-state index in [0.717, 1.165) is 0 Å². The first kappa shape index (κ1) is 10.2. The van der Waals surface area contributed by atoms with Gasteiger partial charge in [-0.05, 0) is 28.1 Å². The molecule has 78 valence electrons. The summed E-state index contributed by atoms with van der Waals surface area (Å²) >= 11 is 3.05. The Hall–Kier alpha value is -1.36. The van der Waals surface area contributed by atoms with Gasteiger partial charge in [0.1, 0.15) is 11.4 Å². The number of hydrogen-bond donors (Lipinski definition) is 0. The highest BCUT2D eigenvalue weighted by atomic mass is 79.9. The van der Waals surface area contributed by atoms with E-state index in [4.69, 9.17) is 4.42 Å². The molecule has 0 spiro atoms. The minimum atomic E-state index is -0.581. The first-order valence-corrected chi connectivity index (χ1v) is 4.88. The highest BCUT2D eigenvalue weighted by molar-refractivity contribution is 9.10. The van der Waals surface area contributed by atoms with Crippen molar-refractivity contribution >= 4 is 32.9 Å². The number of halogens is 2. The lowest BCUT2D eigenvalue weighted by molar-refractivity contribution is 0.0567. The van der Waals surface area contributed by atoms with Crippen molar-refractivity contribution in [1.29, 1.82) is 0 Å². The zero-order valence-electron chi connectivity index (χ0n) is 7.71. The Bertz CT molecular complexity index is 494. The van der Waals surface area contributed by atoms with Crippen LogP contribution in [0.5, 0.6) is 0 Å². The molecule has 2 aromatic rings. The molecule has 0 fully saturated rings. The van der Waals surface area contributed by atoms with Gasteiger partial charge in [-0.3, -0.25) is 0 Å². The Kier molecular flexibility index (Phi) is 2.48. The van der Waals surface area contributed by atoms with Gasteiger partial charge in [0.15, 0.2) is 0 Å². The summed E-state index contributed by atoms with van der Waals surface area (Å²) in [6.45, 7) is 0. The summed E-state index contributed by atoms with van der Waals surface area (Å²) in [6.07, 6.45) is 0. The van der Waals surface area contributed by atoms with E-state index in [9.17, 15) is 9.18 Å². The fraction of sp³-hybridized carbons (Fsp3) is 0.100. The molecule has 2 rings (SSSR count). The SMILES string of the molecule is COC(=O)c1cc2cc(Br)c(F)cc2o1. The molecule has 3 nitrogen and oxygen atoms in total. The Morgan fingerprint density at radius 3 is 2.87 bits per heavy atom. The normalized spacial score (nSPS) is 10.6. The number of rotatable bonds is 1. The second kappa shape index (κ2) is 3.66. The third-order valence-corrected chi connectivity index (χ3v) is 2.55. The maximum absolute atomic E-state index is 13.1. The average molecular weight is 273 g/mol. The van der Waals surface area contributed by atoms with Crippen molar-refractivity contribution in [1.82, 2.24) is 0 Å². The predicted molar refractivity (Wildman–Crippen MR) is 55.2 cm³/mol. The molecule has 0 aliphatic carbocycles. The van der Waals surface area contributed by atoms with Crippen LogP contribution in [0.3, 0.4) is 0 Å². The fourth-order valence-corrected chi connectivity index (χ4v) is 1.60. The van der Waals surface area contributed by atoms with Crippen LogP contribution in [-0.4, -0.2) is 13.1 Å². The van der Waals surface area contributed by atoms with Gasteiger partial charge in [-0.2, -0.15) is 0 Å². The number of methoxy groups -OCH3 is 1. The fourth-order valence-electron chi connectivity index (χ4n) is 1.24. The van der Waals surface area contributed by atoms with E-state index >= 15 is 0 Å². The molecule has 0 radical (unpaired) electrons. The number of hydrogen-bond acceptors (Lipinski definition) is 3. The number of ether oxygens (including phenoxy) is 1. The molecular weight excluding hydrogens is 267 g/mol. The van der Waals surface area contributed by atoms with Crippen LogP contribution in [0.2, 0.25) is 0 Å². The Balaban J connectivity index is 2.61. The lowest BCUT2D eigenvalue weighted by Gasteiger charge is -1.92. The van der Waals surface area contributed by atoms with Crippen LogP contribution in [0.1, 0.15) is 10.6 Å². The molecule has 0 aliphatic heterocycles. The number of benzene rings is 1. The van der Waals surface area contributed by atoms with Gasteiger partial charge in [0.05, 0.1) is 11.6 Å². The van der Waals surface area contributed by atoms with Gasteiger partial charge >= 0.3 is 5.97 Å². The minimum absolute atomic E-state index is 0.0602. The third kappa shape index (κ3) is 1.74. The molecule has 15 heavy (non-hydrogen) atoms. The number of fused-ring (bicyclic) bond motifs is 1. The molecule has 5 heteroatoms. The van der Waals surface area contributed by atoms with E-state index in [-0.39, 0.29) is 5.76 Å². The summed E-state index contributed by atoms with van der Waals surface area (Å²) in [4.78, 5) is 11.1. The van der Waals surface area contributed by atoms with Gasteiger partial charge in [0, 0.05) is 11.5 Å². The maximum Gasteiger partial charge on any atom is 0.373 e. The van der Waals surface area contributed by atoms with Gasteiger partial charge in [-0.25, -0.2) is 9.18 Å². The van der Waals surface area contributed by atoms with Gasteiger partial charge in [0.2, 0.25) is 5.76 Å². The van der Waals surface area contributed by atoms with E-state index in [2.05, 4.69) is 20.7 Å². The van der Waals surface area contributed by atoms with Crippen LogP contribution in [0, 0.1) is 5.82 Å². The van der Waals surface area contributed by atoms with Crippen LogP contribution in [-0.2, 0) is 4.74 Å². The highest BCUT2D eigenvalue weighted by Crippen LogP contribution is 2.26. The predicted octanol–water partition coefficient (Wildman–Crippen LogP) is 3.12. The standard InChI is InChI=1S/C10H6BrFO3/c1-14-10(13)9-3-5-2-6(11)7(12)4-8(5)15-9/h2-4H,1H3. The second-order valence-electron chi connectivity index (χ2n) is 2.91. The molecular formula is C10H6BrFO3. The Labute approximate surface area is 92.9 Å². The minimum Gasteiger partial charge on any atom is -0.463 e. The van der Waals surface area contributed by atoms with E-state index in [1.807, 2.05) is 0 Å². The molecule has 0 saturated carbocycles. The van der Waals surface area contributed by atoms with Gasteiger partial charge in [-0.1, -0.05) is 0 Å². The van der Waals surface area contributed by atoms with E-state index in [1.165, 1.54) is 19.2 Å². The van der Waals surface area contributed by atoms with Crippen molar-refractivity contribution < 1.29 is 18.3 Å². The molecule has 0 atom stereocenters. The average Bonchev–Trinajstić information content (AvgIpc) is 2.60. The largest absolute Gasteiger partial charge is 0.463 e. The smallest absolute Gasteiger partial charge is 0.373 e. The Morgan fingerprint density at radius 2 is 2.20 bits per heavy atom. The van der Waals surface area contributed by atoms with Gasteiger partial charge < -0.3 is 9.15 Å². The summed E-state index contributed by atoms with van der Waals surface area (Å²) in [7, 11) is 1.26. The molecule has 1 aromatic heterocycles. The summed E-state index contributed by atoms with van der Waals surface area (Å²) < 4.78 is 23.1. The molecule has 0 amide bonds. The zero-order valence-corrected chi connectivity index (χ0v) is 9.30. The second-order valence-corrected chi connectivity index (χ2v) is 3.76. The summed E-state index contributed by atoms with van der Waals surface area (Å²) in [5, 5.41) is 0.642. The lowest BCUT2D eigenvalue weighted by Crippen LogP contribution is -1.97. The summed E-state index contributed by atoms with van der Waals surface area (Å²) in [6, 6.07) is 4.26. The number of carbonyl (C=O) groups is 1. The number of esters is 1. The van der Waals surface area contributed by atoms with Crippen LogP contribution in [0.15, 0.2) is 27.1 Å². The lowest BCUT2D eigenvalue weighted by atomic mass is 10.2. The Morgan fingerprint density at radius 1 is 1.47 bits per heavy atom. The highest BCUT2D eigenvalue weighted by Gasteiger charge is 2.13. The first-order chi connectivity index (χ1) is 7.11. The van der Waals surface area contributed by atoms with Crippen LogP contribution in [0.4, 0.5) is 4.39 Å². The number of carbonyl (C=O) groups excluding carboxylic acids is 1. The first-order valence-electron chi connectivity index (χ1n) is 4.08. The topological polar surface area (TPSA) is 39.4 Å².